The molecule has 0 unspecified atom stereocenters. The average Bonchev–Trinajstić information content (AvgIpc) is 3.22. The molecule has 4 rings (SSSR count). The highest BCUT2D eigenvalue weighted by atomic mass is 35.5. The van der Waals surface area contributed by atoms with Crippen LogP contribution in [0.25, 0.3) is 10.1 Å². The molecule has 2 aromatic carbocycles. The van der Waals surface area contributed by atoms with Crippen LogP contribution in [-0.2, 0) is 6.54 Å². The van der Waals surface area contributed by atoms with Crippen LogP contribution in [0.4, 0.5) is 5.69 Å². The van der Waals surface area contributed by atoms with Gasteiger partial charge in [0.15, 0.2) is 0 Å². The molecule has 0 atom stereocenters. The highest BCUT2D eigenvalue weighted by Crippen LogP contribution is 2.35. The average molecular weight is 382 g/mol. The number of fused-ring (bicyclic) bond motifs is 1. The Hall–Kier alpha value is -2.63. The second kappa shape index (κ2) is 6.94. The first-order chi connectivity index (χ1) is 12.6. The largest absolute Gasteiger partial charge is 0.319 e. The van der Waals surface area contributed by atoms with Crippen LogP contribution in [0.2, 0.25) is 5.02 Å². The summed E-state index contributed by atoms with van der Waals surface area (Å²) in [6.45, 7) is 2.71. The van der Waals surface area contributed by atoms with Crippen molar-refractivity contribution in [3.63, 3.8) is 0 Å². The number of halogens is 1. The molecule has 0 fully saturated rings. The van der Waals surface area contributed by atoms with Gasteiger partial charge in [0.05, 0.1) is 23.5 Å². The summed E-state index contributed by atoms with van der Waals surface area (Å²) in [5.41, 5.74) is 3.03. The maximum atomic E-state index is 12.6. The van der Waals surface area contributed by atoms with Crippen molar-refractivity contribution in [1.82, 2.24) is 9.78 Å². The van der Waals surface area contributed by atoms with Crippen LogP contribution in [-0.4, -0.2) is 15.7 Å². The van der Waals surface area contributed by atoms with E-state index in [1.807, 2.05) is 30.5 Å². The first kappa shape index (κ1) is 16.8. The van der Waals surface area contributed by atoms with E-state index in [9.17, 15) is 4.79 Å². The third-order valence-corrected chi connectivity index (χ3v) is 5.77. The van der Waals surface area contributed by atoms with Crippen LogP contribution in [0.15, 0.2) is 60.9 Å². The van der Waals surface area contributed by atoms with Gasteiger partial charge in [0.1, 0.15) is 4.88 Å². The number of thiophene rings is 1. The zero-order chi connectivity index (χ0) is 18.1. The molecule has 130 valence electrons. The minimum Gasteiger partial charge on any atom is -0.319 e. The van der Waals surface area contributed by atoms with Gasteiger partial charge >= 0.3 is 0 Å². The van der Waals surface area contributed by atoms with E-state index in [1.54, 1.807) is 10.9 Å². The lowest BCUT2D eigenvalue weighted by atomic mass is 10.1. The molecule has 0 bridgehead atoms. The predicted molar refractivity (Wildman–Crippen MR) is 107 cm³/mol. The topological polar surface area (TPSA) is 46.9 Å². The van der Waals surface area contributed by atoms with Gasteiger partial charge in [0.25, 0.3) is 5.91 Å². The predicted octanol–water partition coefficient (Wildman–Crippen LogP) is 5.36. The van der Waals surface area contributed by atoms with E-state index in [0.29, 0.717) is 22.1 Å². The number of rotatable bonds is 4. The van der Waals surface area contributed by atoms with E-state index in [2.05, 4.69) is 41.6 Å². The number of anilines is 1. The molecule has 2 aromatic heterocycles. The molecule has 0 saturated heterocycles. The second-order valence-electron chi connectivity index (χ2n) is 6.11. The summed E-state index contributed by atoms with van der Waals surface area (Å²) in [6, 6.07) is 16.0. The summed E-state index contributed by atoms with van der Waals surface area (Å²) in [7, 11) is 0. The number of nitrogens with one attached hydrogen (secondary N) is 1. The molecule has 1 amide bonds. The molecule has 0 aliphatic carbocycles. The first-order valence-corrected chi connectivity index (χ1v) is 9.36. The number of aromatic nitrogens is 2. The van der Waals surface area contributed by atoms with Gasteiger partial charge < -0.3 is 5.32 Å². The zero-order valence-electron chi connectivity index (χ0n) is 14.1. The van der Waals surface area contributed by atoms with Gasteiger partial charge in [0, 0.05) is 16.3 Å². The lowest BCUT2D eigenvalue weighted by Gasteiger charge is -2.03. The fraction of sp³-hybridized carbons (Fsp3) is 0.100. The number of amides is 1. The number of aryl methyl sites for hydroxylation is 1. The minimum atomic E-state index is -0.217. The van der Waals surface area contributed by atoms with Gasteiger partial charge in [-0.25, -0.2) is 0 Å². The quantitative estimate of drug-likeness (QED) is 0.517. The Morgan fingerprint density at radius 3 is 2.73 bits per heavy atom. The lowest BCUT2D eigenvalue weighted by molar-refractivity contribution is 0.103. The molecule has 4 aromatic rings. The standard InChI is InChI=1S/C20H16ClN3OS/c1-13-6-8-14(9-7-13)11-24-12-15(10-22-24)23-20(25)19-18(21)16-4-2-3-5-17(16)26-19/h2-10,12H,11H2,1H3,(H,23,25). The maximum Gasteiger partial charge on any atom is 0.267 e. The van der Waals surface area contributed by atoms with Crippen molar-refractivity contribution < 1.29 is 4.79 Å². The summed E-state index contributed by atoms with van der Waals surface area (Å²) in [4.78, 5) is 13.1. The second-order valence-corrected chi connectivity index (χ2v) is 7.54. The van der Waals surface area contributed by atoms with Crippen molar-refractivity contribution in [2.45, 2.75) is 13.5 Å². The van der Waals surface area contributed by atoms with Gasteiger partial charge in [-0.3, -0.25) is 9.48 Å². The van der Waals surface area contributed by atoms with Gasteiger partial charge in [-0.1, -0.05) is 59.6 Å². The van der Waals surface area contributed by atoms with Crippen molar-refractivity contribution in [3.05, 3.63) is 82.0 Å². The van der Waals surface area contributed by atoms with E-state index in [1.165, 1.54) is 16.9 Å². The van der Waals surface area contributed by atoms with Gasteiger partial charge in [-0.2, -0.15) is 5.10 Å². The van der Waals surface area contributed by atoms with Crippen LogP contribution in [0.5, 0.6) is 0 Å². The van der Waals surface area contributed by atoms with Gasteiger partial charge in [0.2, 0.25) is 0 Å². The highest BCUT2D eigenvalue weighted by Gasteiger charge is 2.17. The van der Waals surface area contributed by atoms with Crippen molar-refractivity contribution in [3.8, 4) is 0 Å². The highest BCUT2D eigenvalue weighted by molar-refractivity contribution is 7.21. The SMILES string of the molecule is Cc1ccc(Cn2cc(NC(=O)c3sc4ccccc4c3Cl)cn2)cc1. The number of benzene rings is 2. The fourth-order valence-corrected chi connectivity index (χ4v) is 4.16. The van der Waals surface area contributed by atoms with Crippen LogP contribution in [0.1, 0.15) is 20.8 Å². The molecule has 1 N–H and O–H groups in total. The summed E-state index contributed by atoms with van der Waals surface area (Å²) >= 11 is 7.76. The number of nitrogens with zero attached hydrogens (tertiary/aromatic N) is 2. The molecule has 0 saturated carbocycles. The van der Waals surface area contributed by atoms with Gasteiger partial charge in [-0.05, 0) is 18.6 Å². The first-order valence-electron chi connectivity index (χ1n) is 8.16. The Balaban J connectivity index is 1.50. The molecule has 6 heteroatoms. The maximum absolute atomic E-state index is 12.6. The Labute approximate surface area is 160 Å². The normalized spacial score (nSPS) is 11.0. The molecule has 0 aliphatic rings. The summed E-state index contributed by atoms with van der Waals surface area (Å²) in [6.07, 6.45) is 3.46. The molecule has 26 heavy (non-hydrogen) atoms. The molecule has 2 heterocycles. The van der Waals surface area contributed by atoms with Crippen LogP contribution < -0.4 is 5.32 Å². The zero-order valence-corrected chi connectivity index (χ0v) is 15.6. The van der Waals surface area contributed by atoms with Crippen molar-refractivity contribution in [1.29, 1.82) is 0 Å². The lowest BCUT2D eigenvalue weighted by Crippen LogP contribution is -2.10. The monoisotopic (exact) mass is 381 g/mol. The molecule has 0 aliphatic heterocycles. The Morgan fingerprint density at radius 1 is 1.19 bits per heavy atom. The number of carbonyl (C=O) groups excluding carboxylic acids is 1. The van der Waals surface area contributed by atoms with E-state index in [-0.39, 0.29) is 5.91 Å². The summed E-state index contributed by atoms with van der Waals surface area (Å²) < 4.78 is 2.80. The minimum absolute atomic E-state index is 0.217. The summed E-state index contributed by atoms with van der Waals surface area (Å²) in [5, 5.41) is 8.59. The Kier molecular flexibility index (Phi) is 4.49. The Bertz CT molecular complexity index is 1080. The number of hydrogen-bond donors (Lipinski definition) is 1. The van der Waals surface area contributed by atoms with Crippen LogP contribution in [0.3, 0.4) is 0 Å². The van der Waals surface area contributed by atoms with Crippen LogP contribution >= 0.6 is 22.9 Å². The summed E-state index contributed by atoms with van der Waals surface area (Å²) in [5.74, 6) is -0.217. The smallest absolute Gasteiger partial charge is 0.267 e. The molecule has 4 nitrogen and oxygen atoms in total. The third kappa shape index (κ3) is 3.36. The molecule has 0 spiro atoms. The fourth-order valence-electron chi connectivity index (χ4n) is 2.74. The molecule has 0 radical (unpaired) electrons. The van der Waals surface area contributed by atoms with Crippen LogP contribution in [0, 0.1) is 6.92 Å². The number of carbonyl (C=O) groups is 1. The molecular weight excluding hydrogens is 366 g/mol. The molecular formula is C20H16ClN3OS. The Morgan fingerprint density at radius 2 is 1.96 bits per heavy atom. The van der Waals surface area contributed by atoms with E-state index >= 15 is 0 Å². The van der Waals surface area contributed by atoms with Gasteiger partial charge in [-0.15, -0.1) is 11.3 Å². The third-order valence-electron chi connectivity index (χ3n) is 4.10. The number of hydrogen-bond acceptors (Lipinski definition) is 3. The van der Waals surface area contributed by atoms with Crippen molar-refractivity contribution in [2.75, 3.05) is 5.32 Å². The van der Waals surface area contributed by atoms with Crippen molar-refractivity contribution in [2.24, 2.45) is 0 Å². The van der Waals surface area contributed by atoms with Crippen molar-refractivity contribution >= 4 is 44.6 Å². The van der Waals surface area contributed by atoms with E-state index < -0.39 is 0 Å². The van der Waals surface area contributed by atoms with E-state index in [4.69, 9.17) is 11.6 Å². The van der Waals surface area contributed by atoms with E-state index in [0.717, 1.165) is 15.6 Å².